The van der Waals surface area contributed by atoms with E-state index in [1.807, 2.05) is 49.3 Å². The van der Waals surface area contributed by atoms with Crippen molar-refractivity contribution >= 4 is 39.8 Å². The Bertz CT molecular complexity index is 1510. The summed E-state index contributed by atoms with van der Waals surface area (Å²) >= 11 is 0. The number of aromatic nitrogens is 2. The Morgan fingerprint density at radius 1 is 1.00 bits per heavy atom. The largest absolute Gasteiger partial charge is 0.369 e. The summed E-state index contributed by atoms with van der Waals surface area (Å²) in [6, 6.07) is 18.8. The number of carbonyl (C=O) groups excluding carboxylic acids is 1. The van der Waals surface area contributed by atoms with Crippen molar-refractivity contribution in [3.8, 4) is 11.1 Å². The minimum atomic E-state index is -0.517. The second kappa shape index (κ2) is 12.2. The molecule has 1 amide bonds. The molecule has 0 radical (unpaired) electrons. The Labute approximate surface area is 234 Å². The third kappa shape index (κ3) is 6.44. The number of likely N-dealkylation sites (N-methyl/N-ethyl adjacent to an activating group) is 2. The molecule has 3 aromatic carbocycles. The lowest BCUT2D eigenvalue weighted by atomic mass is 10.0. The van der Waals surface area contributed by atoms with Gasteiger partial charge in [0.2, 0.25) is 11.9 Å². The van der Waals surface area contributed by atoms with Gasteiger partial charge in [-0.25, -0.2) is 14.4 Å². The Kier molecular flexibility index (Phi) is 8.33. The van der Waals surface area contributed by atoms with E-state index < -0.39 is 5.82 Å². The highest BCUT2D eigenvalue weighted by molar-refractivity contribution is 6.00. The topological polar surface area (TPSA) is 76.6 Å². The molecule has 8 nitrogen and oxygen atoms in total. The molecule has 5 rings (SSSR count). The van der Waals surface area contributed by atoms with Gasteiger partial charge < -0.3 is 25.3 Å². The summed E-state index contributed by atoms with van der Waals surface area (Å²) in [5, 5.41) is 6.71. The fraction of sp³-hybridized carbons (Fsp3) is 0.258. The zero-order valence-electron chi connectivity index (χ0n) is 23.1. The Morgan fingerprint density at radius 3 is 2.48 bits per heavy atom. The molecule has 40 heavy (non-hydrogen) atoms. The van der Waals surface area contributed by atoms with Gasteiger partial charge in [-0.1, -0.05) is 36.4 Å². The molecule has 206 valence electrons. The van der Waals surface area contributed by atoms with Crippen LogP contribution in [0.1, 0.15) is 0 Å². The van der Waals surface area contributed by atoms with Gasteiger partial charge in [0.05, 0.1) is 11.2 Å². The van der Waals surface area contributed by atoms with Crippen LogP contribution in [0.15, 0.2) is 79.0 Å². The van der Waals surface area contributed by atoms with Crippen molar-refractivity contribution in [1.82, 2.24) is 19.8 Å². The number of piperazine rings is 1. The van der Waals surface area contributed by atoms with Crippen LogP contribution in [0.3, 0.4) is 0 Å². The van der Waals surface area contributed by atoms with Gasteiger partial charge in [-0.2, -0.15) is 0 Å². The van der Waals surface area contributed by atoms with Crippen LogP contribution in [-0.4, -0.2) is 79.5 Å². The highest BCUT2D eigenvalue weighted by atomic mass is 19.1. The summed E-state index contributed by atoms with van der Waals surface area (Å²) in [6.07, 6.45) is 4.87. The van der Waals surface area contributed by atoms with Crippen LogP contribution in [0.4, 0.5) is 27.4 Å². The summed E-state index contributed by atoms with van der Waals surface area (Å²) in [7, 11) is 5.96. The van der Waals surface area contributed by atoms with Crippen LogP contribution in [0.25, 0.3) is 22.0 Å². The number of nitrogens with one attached hydrogen (secondary N) is 2. The molecule has 2 N–H and O–H groups in total. The molecule has 9 heteroatoms. The molecule has 4 aromatic rings. The second-order valence-electron chi connectivity index (χ2n) is 10.2. The fourth-order valence-electron chi connectivity index (χ4n) is 4.66. The molecular weight excluding hydrogens is 505 g/mol. The maximum Gasteiger partial charge on any atom is 0.248 e. The van der Waals surface area contributed by atoms with Crippen molar-refractivity contribution in [3.63, 3.8) is 0 Å². The van der Waals surface area contributed by atoms with Crippen molar-refractivity contribution in [2.45, 2.75) is 0 Å². The van der Waals surface area contributed by atoms with Gasteiger partial charge in [-0.15, -0.1) is 0 Å². The Balaban J connectivity index is 1.37. The zero-order chi connectivity index (χ0) is 28.1. The van der Waals surface area contributed by atoms with Gasteiger partial charge in [-0.3, -0.25) is 4.79 Å². The number of carbonyl (C=O) groups is 1. The quantitative estimate of drug-likeness (QED) is 0.306. The molecule has 0 aliphatic carbocycles. The van der Waals surface area contributed by atoms with E-state index in [9.17, 15) is 4.79 Å². The molecule has 0 saturated carbocycles. The highest BCUT2D eigenvalue weighted by Crippen LogP contribution is 2.33. The first-order valence-electron chi connectivity index (χ1n) is 13.3. The number of para-hydroxylation sites is 1. The van der Waals surface area contributed by atoms with Crippen molar-refractivity contribution in [2.24, 2.45) is 0 Å². The first-order chi connectivity index (χ1) is 19.4. The minimum absolute atomic E-state index is 0.113. The number of hydrogen-bond acceptors (Lipinski definition) is 7. The molecule has 1 saturated heterocycles. The van der Waals surface area contributed by atoms with E-state index >= 15 is 4.39 Å². The number of benzene rings is 3. The van der Waals surface area contributed by atoms with E-state index in [2.05, 4.69) is 44.6 Å². The zero-order valence-corrected chi connectivity index (χ0v) is 23.1. The maximum absolute atomic E-state index is 15.6. The van der Waals surface area contributed by atoms with Crippen molar-refractivity contribution < 1.29 is 9.18 Å². The van der Waals surface area contributed by atoms with Crippen LogP contribution in [0, 0.1) is 5.82 Å². The molecule has 0 atom stereocenters. The number of amides is 1. The number of nitrogens with zero attached hydrogens (tertiary/aromatic N) is 5. The summed E-state index contributed by atoms with van der Waals surface area (Å²) in [5.74, 6) is -0.483. The van der Waals surface area contributed by atoms with Gasteiger partial charge >= 0.3 is 0 Å². The molecule has 0 bridgehead atoms. The number of rotatable bonds is 8. The molecule has 1 fully saturated rings. The number of hydrogen-bond donors (Lipinski definition) is 2. The average molecular weight is 540 g/mol. The Hall–Kier alpha value is -4.34. The lowest BCUT2D eigenvalue weighted by Crippen LogP contribution is -2.44. The summed E-state index contributed by atoms with van der Waals surface area (Å²) in [4.78, 5) is 28.2. The van der Waals surface area contributed by atoms with Gasteiger partial charge in [0, 0.05) is 72.9 Å². The number of fused-ring (bicyclic) bond motifs is 1. The molecule has 1 aliphatic heterocycles. The van der Waals surface area contributed by atoms with E-state index in [4.69, 9.17) is 4.98 Å². The molecular formula is C31H34FN7O. The van der Waals surface area contributed by atoms with Crippen molar-refractivity contribution in [1.29, 1.82) is 0 Å². The third-order valence-electron chi connectivity index (χ3n) is 6.89. The van der Waals surface area contributed by atoms with Crippen LogP contribution in [0.2, 0.25) is 0 Å². The third-order valence-corrected chi connectivity index (χ3v) is 6.89. The predicted octanol–water partition coefficient (Wildman–Crippen LogP) is 4.99. The normalized spacial score (nSPS) is 14.3. The van der Waals surface area contributed by atoms with Crippen LogP contribution < -0.4 is 15.5 Å². The van der Waals surface area contributed by atoms with Crippen molar-refractivity contribution in [2.75, 3.05) is 69.4 Å². The molecule has 1 aliphatic rings. The van der Waals surface area contributed by atoms with Gasteiger partial charge in [0.15, 0.2) is 5.82 Å². The lowest BCUT2D eigenvalue weighted by Gasteiger charge is -2.34. The molecule has 0 spiro atoms. The lowest BCUT2D eigenvalue weighted by molar-refractivity contribution is -0.111. The molecule has 1 aromatic heterocycles. The van der Waals surface area contributed by atoms with Crippen LogP contribution in [-0.2, 0) is 4.79 Å². The SMILES string of the molecule is CN(C)C/C=C/C(=O)Nc1cccc(-c2cccc3cnc(Nc4ccc(N5CCN(C)CC5)cc4)nc23)c1F. The van der Waals surface area contributed by atoms with E-state index in [1.165, 1.54) is 11.8 Å². The molecule has 0 unspecified atom stereocenters. The smallest absolute Gasteiger partial charge is 0.248 e. The highest BCUT2D eigenvalue weighted by Gasteiger charge is 2.16. The van der Waals surface area contributed by atoms with Crippen LogP contribution in [0.5, 0.6) is 0 Å². The first kappa shape index (κ1) is 27.2. The first-order valence-corrected chi connectivity index (χ1v) is 13.3. The second-order valence-corrected chi connectivity index (χ2v) is 10.2. The number of halogens is 1. The van der Waals surface area contributed by atoms with Gasteiger partial charge in [0.25, 0.3) is 0 Å². The molecule has 2 heterocycles. The minimum Gasteiger partial charge on any atom is -0.369 e. The van der Waals surface area contributed by atoms with Gasteiger partial charge in [0.1, 0.15) is 0 Å². The summed E-state index contributed by atoms with van der Waals surface area (Å²) in [6.45, 7) is 4.74. The monoisotopic (exact) mass is 539 g/mol. The number of anilines is 4. The van der Waals surface area contributed by atoms with E-state index in [0.29, 0.717) is 29.1 Å². The van der Waals surface area contributed by atoms with E-state index in [0.717, 1.165) is 37.3 Å². The predicted molar refractivity (Wildman–Crippen MR) is 161 cm³/mol. The van der Waals surface area contributed by atoms with E-state index in [-0.39, 0.29) is 11.6 Å². The standard InChI is InChI=1S/C31H34FN7O/c1-37(2)16-6-11-28(40)35-27-10-5-8-25(29(27)32)26-9-4-7-22-21-33-31(36-30(22)26)34-23-12-14-24(15-13-23)39-19-17-38(3)18-20-39/h4-15,21H,16-20H2,1-3H3,(H,35,40)(H,33,34,36)/b11-6+. The fourth-order valence-corrected chi connectivity index (χ4v) is 4.66. The summed E-state index contributed by atoms with van der Waals surface area (Å²) in [5.41, 5.74) is 3.75. The van der Waals surface area contributed by atoms with E-state index in [1.54, 1.807) is 30.5 Å². The van der Waals surface area contributed by atoms with Crippen LogP contribution >= 0.6 is 0 Å². The Morgan fingerprint density at radius 2 is 1.73 bits per heavy atom. The van der Waals surface area contributed by atoms with Gasteiger partial charge in [-0.05, 0) is 51.5 Å². The average Bonchev–Trinajstić information content (AvgIpc) is 2.95. The maximum atomic E-state index is 15.6. The summed E-state index contributed by atoms with van der Waals surface area (Å²) < 4.78 is 15.6. The van der Waals surface area contributed by atoms with Crippen molar-refractivity contribution in [3.05, 3.63) is 84.8 Å².